The van der Waals surface area contributed by atoms with E-state index in [-0.39, 0.29) is 35.8 Å². The first-order chi connectivity index (χ1) is 14.3. The molecular formula is C22H37FIN5O. The van der Waals surface area contributed by atoms with Gasteiger partial charge in [0.25, 0.3) is 0 Å². The van der Waals surface area contributed by atoms with Gasteiger partial charge >= 0.3 is 0 Å². The summed E-state index contributed by atoms with van der Waals surface area (Å²) >= 11 is 0. The second-order valence-electron chi connectivity index (χ2n) is 8.08. The molecule has 2 fully saturated rings. The Morgan fingerprint density at radius 2 is 2.07 bits per heavy atom. The van der Waals surface area contributed by atoms with Crippen molar-refractivity contribution in [3.63, 3.8) is 0 Å². The van der Waals surface area contributed by atoms with Crippen molar-refractivity contribution in [1.29, 1.82) is 0 Å². The van der Waals surface area contributed by atoms with Gasteiger partial charge in [-0.1, -0.05) is 19.3 Å². The Morgan fingerprint density at radius 3 is 2.83 bits per heavy atom. The van der Waals surface area contributed by atoms with Gasteiger partial charge < -0.3 is 20.3 Å². The van der Waals surface area contributed by atoms with E-state index in [0.717, 1.165) is 57.9 Å². The number of halogens is 2. The molecule has 1 aromatic rings. The van der Waals surface area contributed by atoms with Crippen molar-refractivity contribution >= 4 is 35.8 Å². The highest BCUT2D eigenvalue weighted by Gasteiger charge is 2.25. The average molecular weight is 533 g/mol. The third-order valence-corrected chi connectivity index (χ3v) is 5.81. The van der Waals surface area contributed by atoms with E-state index in [0.29, 0.717) is 11.9 Å². The Morgan fingerprint density at radius 1 is 1.23 bits per heavy atom. The van der Waals surface area contributed by atoms with Crippen LogP contribution >= 0.6 is 24.0 Å². The molecule has 0 bridgehead atoms. The third-order valence-electron chi connectivity index (χ3n) is 5.81. The van der Waals surface area contributed by atoms with Crippen LogP contribution < -0.4 is 15.5 Å². The molecule has 3 rings (SSSR count). The van der Waals surface area contributed by atoms with E-state index >= 15 is 0 Å². The van der Waals surface area contributed by atoms with Gasteiger partial charge in [-0.15, -0.1) is 24.0 Å². The largest absolute Gasteiger partial charge is 0.378 e. The number of guanidine groups is 1. The molecule has 0 aromatic carbocycles. The second-order valence-corrected chi connectivity index (χ2v) is 8.08. The van der Waals surface area contributed by atoms with Gasteiger partial charge in [-0.2, -0.15) is 0 Å². The topological polar surface area (TPSA) is 61.8 Å². The van der Waals surface area contributed by atoms with E-state index in [9.17, 15) is 4.39 Å². The number of rotatable bonds is 9. The summed E-state index contributed by atoms with van der Waals surface area (Å²) in [6.07, 6.45) is 13.0. The van der Waals surface area contributed by atoms with Crippen LogP contribution in [0.1, 0.15) is 57.8 Å². The normalized spacial score (nSPS) is 20.1. The van der Waals surface area contributed by atoms with Gasteiger partial charge in [-0.25, -0.2) is 9.37 Å². The van der Waals surface area contributed by atoms with Crippen molar-refractivity contribution in [2.45, 2.75) is 69.9 Å². The Labute approximate surface area is 197 Å². The zero-order valence-electron chi connectivity index (χ0n) is 18.1. The molecule has 0 radical (unpaired) electrons. The van der Waals surface area contributed by atoms with Crippen LogP contribution in [0.3, 0.4) is 0 Å². The van der Waals surface area contributed by atoms with Crippen molar-refractivity contribution in [2.24, 2.45) is 4.99 Å². The second kappa shape index (κ2) is 14.0. The maximum atomic E-state index is 13.9. The summed E-state index contributed by atoms with van der Waals surface area (Å²) in [5.74, 6) is 0.995. The lowest BCUT2D eigenvalue weighted by Gasteiger charge is -2.22. The summed E-state index contributed by atoms with van der Waals surface area (Å²) in [5.41, 5.74) is 0. The highest BCUT2D eigenvalue weighted by Crippen LogP contribution is 2.21. The lowest BCUT2D eigenvalue weighted by molar-refractivity contribution is 0.0264. The zero-order valence-corrected chi connectivity index (χ0v) is 20.4. The lowest BCUT2D eigenvalue weighted by atomic mass is 9.98. The molecule has 1 saturated carbocycles. The molecule has 2 N–H and O–H groups in total. The number of pyridine rings is 1. The number of anilines is 1. The number of hydrogen-bond acceptors (Lipinski definition) is 4. The van der Waals surface area contributed by atoms with Crippen LogP contribution in [0.5, 0.6) is 0 Å². The molecule has 2 aliphatic rings. The lowest BCUT2D eigenvalue weighted by Crippen LogP contribution is -2.45. The van der Waals surface area contributed by atoms with Gasteiger partial charge in [-0.3, -0.25) is 4.99 Å². The van der Waals surface area contributed by atoms with E-state index < -0.39 is 0 Å². The number of aliphatic imine (C=N–C) groups is 1. The summed E-state index contributed by atoms with van der Waals surface area (Å²) in [4.78, 5) is 10.5. The minimum atomic E-state index is -0.261. The van der Waals surface area contributed by atoms with E-state index in [1.165, 1.54) is 38.2 Å². The SMILES string of the molecule is CN=C(NCCCCCOC1CCCCC1)NC1CCN(c2ncccc2F)C1.I. The summed E-state index contributed by atoms with van der Waals surface area (Å²) in [7, 11) is 1.79. The fourth-order valence-electron chi connectivity index (χ4n) is 4.16. The van der Waals surface area contributed by atoms with Gasteiger partial charge in [0.05, 0.1) is 6.10 Å². The van der Waals surface area contributed by atoms with Crippen LogP contribution in [0.4, 0.5) is 10.2 Å². The number of hydrogen-bond donors (Lipinski definition) is 2. The quantitative estimate of drug-likeness (QED) is 0.217. The average Bonchev–Trinajstić information content (AvgIpc) is 3.21. The summed E-state index contributed by atoms with van der Waals surface area (Å²) in [5, 5.41) is 6.84. The third kappa shape index (κ3) is 8.17. The van der Waals surface area contributed by atoms with Crippen molar-refractivity contribution in [1.82, 2.24) is 15.6 Å². The predicted molar refractivity (Wildman–Crippen MR) is 131 cm³/mol. The van der Waals surface area contributed by atoms with Crippen LogP contribution in [-0.4, -0.2) is 56.4 Å². The number of nitrogens with one attached hydrogen (secondary N) is 2. The van der Waals surface area contributed by atoms with Gasteiger partial charge in [-0.05, 0) is 50.7 Å². The molecule has 8 heteroatoms. The molecule has 2 heterocycles. The van der Waals surface area contributed by atoms with Crippen molar-refractivity contribution in [3.05, 3.63) is 24.1 Å². The Kier molecular flexibility index (Phi) is 11.7. The molecular weight excluding hydrogens is 496 g/mol. The highest BCUT2D eigenvalue weighted by molar-refractivity contribution is 14.0. The summed E-state index contributed by atoms with van der Waals surface area (Å²) in [6.45, 7) is 3.31. The van der Waals surface area contributed by atoms with Crippen molar-refractivity contribution in [3.8, 4) is 0 Å². The first-order valence-electron chi connectivity index (χ1n) is 11.2. The minimum absolute atomic E-state index is 0. The van der Waals surface area contributed by atoms with Crippen LogP contribution in [0, 0.1) is 5.82 Å². The molecule has 1 saturated heterocycles. The highest BCUT2D eigenvalue weighted by atomic mass is 127. The molecule has 0 spiro atoms. The minimum Gasteiger partial charge on any atom is -0.378 e. The van der Waals surface area contributed by atoms with Crippen LogP contribution in [0.2, 0.25) is 0 Å². The smallest absolute Gasteiger partial charge is 0.191 e. The molecule has 6 nitrogen and oxygen atoms in total. The standard InChI is InChI=1S/C22H36FN5O.HI/c1-24-22(26-13-6-3-7-16-29-19-9-4-2-5-10-19)27-18-12-15-28(17-18)21-20(23)11-8-14-25-21;/h8,11,14,18-19H,2-7,9-10,12-13,15-17H2,1H3,(H2,24,26,27);1H. The fourth-order valence-corrected chi connectivity index (χ4v) is 4.16. The molecule has 0 amide bonds. The van der Waals surface area contributed by atoms with Crippen LogP contribution in [-0.2, 0) is 4.74 Å². The molecule has 1 aromatic heterocycles. The number of aromatic nitrogens is 1. The number of nitrogens with zero attached hydrogens (tertiary/aromatic N) is 3. The maximum absolute atomic E-state index is 13.9. The molecule has 1 atom stereocenters. The van der Waals surface area contributed by atoms with Gasteiger partial charge in [0.15, 0.2) is 17.6 Å². The monoisotopic (exact) mass is 533 g/mol. The van der Waals surface area contributed by atoms with Gasteiger partial charge in [0.1, 0.15) is 0 Å². The Bertz CT molecular complexity index is 642. The van der Waals surface area contributed by atoms with Crippen molar-refractivity contribution < 1.29 is 9.13 Å². The molecule has 1 aliphatic carbocycles. The first kappa shape index (κ1) is 25.1. The molecule has 170 valence electrons. The maximum Gasteiger partial charge on any atom is 0.191 e. The van der Waals surface area contributed by atoms with E-state index in [1.807, 2.05) is 4.90 Å². The molecule has 1 aliphatic heterocycles. The van der Waals surface area contributed by atoms with Crippen molar-refractivity contribution in [2.75, 3.05) is 38.2 Å². The van der Waals surface area contributed by atoms with Gasteiger partial charge in [0, 0.05) is 45.5 Å². The molecule has 1 unspecified atom stereocenters. The van der Waals surface area contributed by atoms with E-state index in [4.69, 9.17) is 4.74 Å². The van der Waals surface area contributed by atoms with E-state index in [2.05, 4.69) is 20.6 Å². The predicted octanol–water partition coefficient (Wildman–Crippen LogP) is 4.10. The molecule has 30 heavy (non-hydrogen) atoms. The fraction of sp³-hybridized carbons (Fsp3) is 0.727. The van der Waals surface area contributed by atoms with Crippen LogP contribution in [0.25, 0.3) is 0 Å². The number of unbranched alkanes of at least 4 members (excludes halogenated alkanes) is 2. The zero-order chi connectivity index (χ0) is 20.3. The summed E-state index contributed by atoms with van der Waals surface area (Å²) < 4.78 is 19.9. The first-order valence-corrected chi connectivity index (χ1v) is 11.2. The number of ether oxygens (including phenoxy) is 1. The Hall–Kier alpha value is -1.16. The van der Waals surface area contributed by atoms with Gasteiger partial charge in [0.2, 0.25) is 0 Å². The summed E-state index contributed by atoms with van der Waals surface area (Å²) in [6, 6.07) is 3.33. The Balaban J connectivity index is 0.00000320. The van der Waals surface area contributed by atoms with Crippen LogP contribution in [0.15, 0.2) is 23.3 Å². The van der Waals surface area contributed by atoms with E-state index in [1.54, 1.807) is 19.3 Å².